The van der Waals surface area contributed by atoms with Crippen molar-refractivity contribution in [3.8, 4) is 17.3 Å². The Morgan fingerprint density at radius 2 is 1.76 bits per heavy atom. The molecule has 46 heavy (non-hydrogen) atoms. The maximum Gasteiger partial charge on any atom is 0.276 e. The standard InChI is InChI=1S/C32H30Cl5N7O2/c1-6-20(45)42-9-11-43(12-10-42)30-17-13-19(33)27(21-22(34)24(36)25(37)26(39)23(21)35)40-31(17)44(32(46)18(30)14-38)29-16(4)7-8-41(5)28(29)15(2)3/h6-8,13,15,28H,1,9-12,39H2,2-5H3. The van der Waals surface area contributed by atoms with Crippen molar-refractivity contribution in [2.75, 3.05) is 43.9 Å². The number of fused-ring (bicyclic) bond motifs is 1. The second kappa shape index (κ2) is 13.0. The number of nitrogen functional groups attached to an aromatic ring is 1. The number of anilines is 2. The van der Waals surface area contributed by atoms with Crippen LogP contribution < -0.4 is 16.2 Å². The number of hydrogen-bond donors (Lipinski definition) is 1. The van der Waals surface area contributed by atoms with Crippen molar-refractivity contribution in [1.29, 1.82) is 5.26 Å². The van der Waals surface area contributed by atoms with Crippen molar-refractivity contribution >= 4 is 92.0 Å². The van der Waals surface area contributed by atoms with Gasteiger partial charge in [-0.2, -0.15) is 5.26 Å². The molecule has 5 rings (SSSR count). The van der Waals surface area contributed by atoms with E-state index < -0.39 is 5.56 Å². The van der Waals surface area contributed by atoms with E-state index in [0.29, 0.717) is 42.9 Å². The average Bonchev–Trinajstić information content (AvgIpc) is 3.03. The molecule has 0 radical (unpaired) electrons. The lowest BCUT2D eigenvalue weighted by Gasteiger charge is -2.38. The predicted octanol–water partition coefficient (Wildman–Crippen LogP) is 7.33. The van der Waals surface area contributed by atoms with E-state index in [1.54, 1.807) is 11.0 Å². The Morgan fingerprint density at radius 1 is 1.11 bits per heavy atom. The predicted molar refractivity (Wildman–Crippen MR) is 189 cm³/mol. The third-order valence-corrected chi connectivity index (χ3v) is 10.4. The van der Waals surface area contributed by atoms with Gasteiger partial charge in [-0.25, -0.2) is 4.98 Å². The van der Waals surface area contributed by atoms with Crippen LogP contribution in [0.4, 0.5) is 11.4 Å². The van der Waals surface area contributed by atoms with Crippen molar-refractivity contribution in [3.05, 3.63) is 77.6 Å². The molecule has 2 aliphatic heterocycles. The lowest BCUT2D eigenvalue weighted by Crippen LogP contribution is -2.49. The number of nitrogens with zero attached hydrogens (tertiary/aromatic N) is 6. The number of nitrogens with two attached hydrogens (primary N) is 1. The zero-order valence-electron chi connectivity index (χ0n) is 25.5. The van der Waals surface area contributed by atoms with Crippen molar-refractivity contribution in [3.63, 3.8) is 0 Å². The Hall–Kier alpha value is -3.39. The molecular weight excluding hydrogens is 692 g/mol. The Morgan fingerprint density at radius 3 is 2.35 bits per heavy atom. The number of allylic oxidation sites excluding steroid dienone is 2. The quantitative estimate of drug-likeness (QED) is 0.127. The minimum Gasteiger partial charge on any atom is -0.396 e. The Kier molecular flexibility index (Phi) is 9.61. The Bertz CT molecular complexity index is 1940. The summed E-state index contributed by atoms with van der Waals surface area (Å²) in [6.07, 6.45) is 5.13. The van der Waals surface area contributed by atoms with Gasteiger partial charge in [-0.3, -0.25) is 14.2 Å². The molecule has 1 aromatic carbocycles. The van der Waals surface area contributed by atoms with E-state index in [1.165, 1.54) is 10.6 Å². The van der Waals surface area contributed by atoms with Gasteiger partial charge in [0.1, 0.15) is 17.3 Å². The summed E-state index contributed by atoms with van der Waals surface area (Å²) in [5, 5.41) is 11.0. The molecule has 9 nitrogen and oxygen atoms in total. The third-order valence-electron chi connectivity index (χ3n) is 8.36. The number of halogens is 5. The van der Waals surface area contributed by atoms with Gasteiger partial charge in [-0.1, -0.05) is 78.4 Å². The maximum absolute atomic E-state index is 14.6. The zero-order chi connectivity index (χ0) is 33.8. The maximum atomic E-state index is 14.6. The third kappa shape index (κ3) is 5.50. The number of aromatic nitrogens is 2. The summed E-state index contributed by atoms with van der Waals surface area (Å²) in [6, 6.07) is 3.56. The minimum atomic E-state index is -0.551. The fraction of sp³-hybridized carbons (Fsp3) is 0.312. The molecule has 0 aliphatic carbocycles. The van der Waals surface area contributed by atoms with Gasteiger partial charge in [-0.05, 0) is 42.8 Å². The number of amides is 1. The van der Waals surface area contributed by atoms with Crippen LogP contribution in [0.1, 0.15) is 26.3 Å². The van der Waals surface area contributed by atoms with Gasteiger partial charge < -0.3 is 20.4 Å². The van der Waals surface area contributed by atoms with Crippen LogP contribution in [0, 0.1) is 17.2 Å². The average molecular weight is 722 g/mol. The van der Waals surface area contributed by atoms with E-state index in [2.05, 4.69) is 26.5 Å². The molecule has 0 spiro atoms. The molecular formula is C32H30Cl5N7O2. The number of piperazine rings is 1. The lowest BCUT2D eigenvalue weighted by atomic mass is 9.93. The van der Waals surface area contributed by atoms with Gasteiger partial charge in [0.25, 0.3) is 5.56 Å². The van der Waals surface area contributed by atoms with Gasteiger partial charge in [0.2, 0.25) is 5.91 Å². The van der Waals surface area contributed by atoms with Crippen molar-refractivity contribution in [2.24, 2.45) is 5.92 Å². The van der Waals surface area contributed by atoms with Gasteiger partial charge in [0.15, 0.2) is 0 Å². The highest BCUT2D eigenvalue weighted by Gasteiger charge is 2.34. The molecule has 1 amide bonds. The molecule has 1 atom stereocenters. The smallest absolute Gasteiger partial charge is 0.276 e. The van der Waals surface area contributed by atoms with Gasteiger partial charge in [-0.15, -0.1) is 0 Å². The van der Waals surface area contributed by atoms with Crippen molar-refractivity contribution in [2.45, 2.75) is 26.8 Å². The largest absolute Gasteiger partial charge is 0.396 e. The normalized spacial score (nSPS) is 16.9. The first-order chi connectivity index (χ1) is 21.7. The van der Waals surface area contributed by atoms with E-state index in [9.17, 15) is 14.9 Å². The van der Waals surface area contributed by atoms with E-state index in [4.69, 9.17) is 68.7 Å². The van der Waals surface area contributed by atoms with Crippen LogP contribution >= 0.6 is 58.0 Å². The fourth-order valence-electron chi connectivity index (χ4n) is 6.16. The first-order valence-corrected chi connectivity index (χ1v) is 16.2. The number of hydrogen-bond acceptors (Lipinski definition) is 7. The van der Waals surface area contributed by atoms with Crippen LogP contribution in [0.2, 0.25) is 25.1 Å². The van der Waals surface area contributed by atoms with Crippen LogP contribution in [-0.4, -0.2) is 64.5 Å². The molecule has 1 saturated heterocycles. The number of pyridine rings is 2. The summed E-state index contributed by atoms with van der Waals surface area (Å²) in [5.41, 5.74) is 7.90. The Balaban J connectivity index is 1.91. The van der Waals surface area contributed by atoms with Crippen LogP contribution in [0.5, 0.6) is 0 Å². The van der Waals surface area contributed by atoms with Crippen molar-refractivity contribution < 1.29 is 4.79 Å². The van der Waals surface area contributed by atoms with Gasteiger partial charge in [0.05, 0.1) is 53.9 Å². The fourth-order valence-corrected chi connectivity index (χ4v) is 7.50. The van der Waals surface area contributed by atoms with Crippen LogP contribution in [-0.2, 0) is 4.79 Å². The number of likely N-dealkylation sites (N-methyl/N-ethyl adjacent to an activating group) is 1. The second-order valence-electron chi connectivity index (χ2n) is 11.5. The number of benzene rings is 1. The molecule has 1 unspecified atom stereocenters. The topological polar surface area (TPSA) is 111 Å². The summed E-state index contributed by atoms with van der Waals surface area (Å²) >= 11 is 33.0. The highest BCUT2D eigenvalue weighted by Crippen LogP contribution is 2.49. The first-order valence-electron chi connectivity index (χ1n) is 14.3. The lowest BCUT2D eigenvalue weighted by molar-refractivity contribution is -0.126. The first kappa shape index (κ1) is 34.0. The monoisotopic (exact) mass is 719 g/mol. The summed E-state index contributed by atoms with van der Waals surface area (Å²) in [6.45, 7) is 11.0. The minimum absolute atomic E-state index is 0.00490. The van der Waals surface area contributed by atoms with Crippen molar-refractivity contribution in [1.82, 2.24) is 19.4 Å². The molecule has 14 heteroatoms. The zero-order valence-corrected chi connectivity index (χ0v) is 29.2. The molecule has 0 saturated carbocycles. The number of rotatable bonds is 5. The van der Waals surface area contributed by atoms with Crippen LogP contribution in [0.3, 0.4) is 0 Å². The molecule has 3 aromatic rings. The van der Waals surface area contributed by atoms with E-state index in [-0.39, 0.29) is 71.1 Å². The van der Waals surface area contributed by atoms with Gasteiger partial charge in [0, 0.05) is 44.2 Å². The number of carbonyl (C=O) groups excluding carboxylic acids is 1. The van der Waals surface area contributed by atoms with Crippen LogP contribution in [0.15, 0.2) is 41.4 Å². The number of carbonyl (C=O) groups is 1. The van der Waals surface area contributed by atoms with Crippen LogP contribution in [0.25, 0.3) is 28.0 Å². The molecule has 2 N–H and O–H groups in total. The molecule has 2 aromatic heterocycles. The summed E-state index contributed by atoms with van der Waals surface area (Å²) in [7, 11) is 1.93. The summed E-state index contributed by atoms with van der Waals surface area (Å²) in [5.74, 6) is -0.130. The highest BCUT2D eigenvalue weighted by molar-refractivity contribution is 6.53. The van der Waals surface area contributed by atoms with Gasteiger partial charge >= 0.3 is 0 Å². The number of nitriles is 1. The molecule has 0 bridgehead atoms. The molecule has 2 aliphatic rings. The highest BCUT2D eigenvalue weighted by atomic mass is 35.5. The van der Waals surface area contributed by atoms with E-state index in [0.717, 1.165) is 5.57 Å². The second-order valence-corrected chi connectivity index (χ2v) is 13.4. The molecule has 240 valence electrons. The Labute approximate surface area is 291 Å². The van der Waals surface area contributed by atoms with E-state index >= 15 is 0 Å². The molecule has 1 fully saturated rings. The van der Waals surface area contributed by atoms with E-state index in [1.807, 2.05) is 36.0 Å². The molecule has 4 heterocycles. The SMILES string of the molecule is C=CC(=O)N1CCN(c2c(C#N)c(=O)n(C3=C(C)C=CN(C)C3C(C)C)c3nc(-c4c(Cl)c(N)c(Cl)c(Cl)c4Cl)c(Cl)cc23)CC1. The summed E-state index contributed by atoms with van der Waals surface area (Å²) < 4.78 is 1.48. The summed E-state index contributed by atoms with van der Waals surface area (Å²) in [4.78, 5) is 37.5.